The highest BCUT2D eigenvalue weighted by atomic mass is 28.3. The van der Waals surface area contributed by atoms with Crippen molar-refractivity contribution in [2.75, 3.05) is 92.2 Å². The van der Waals surface area contributed by atoms with E-state index in [0.717, 1.165) is 83.6 Å². The van der Waals surface area contributed by atoms with E-state index in [9.17, 15) is 43.5 Å². The van der Waals surface area contributed by atoms with Gasteiger partial charge in [0.25, 0.3) is 0 Å². The van der Waals surface area contributed by atoms with Crippen LogP contribution in [0, 0.1) is 0 Å². The molecule has 0 amide bonds. The number of benzene rings is 3. The summed E-state index contributed by atoms with van der Waals surface area (Å²) in [4.78, 5) is 128. The van der Waals surface area contributed by atoms with E-state index in [4.69, 9.17) is 25.3 Å². The molecule has 24 nitrogen and oxygen atoms in total. The molecule has 0 aliphatic rings. The number of nitrogens with two attached hydrogens (primary N) is 1. The zero-order valence-electron chi connectivity index (χ0n) is 69.5. The number of rotatable bonds is 36. The first-order valence-corrected chi connectivity index (χ1v) is 43.1. The second-order valence-electron chi connectivity index (χ2n) is 27.3. The highest BCUT2D eigenvalue weighted by Crippen LogP contribution is 2.26. The van der Waals surface area contributed by atoms with E-state index in [1.807, 2.05) is 83.1 Å². The number of para-hydroxylation sites is 5. The van der Waals surface area contributed by atoms with Crippen molar-refractivity contribution < 1.29 is 62.9 Å². The van der Waals surface area contributed by atoms with Gasteiger partial charge in [-0.15, -0.1) is 0 Å². The molecule has 1 aromatic heterocycles. The predicted molar refractivity (Wildman–Crippen MR) is 452 cm³/mol. The van der Waals surface area contributed by atoms with Crippen molar-refractivity contribution >= 4 is 141 Å². The maximum atomic E-state index is 12.3. The van der Waals surface area contributed by atoms with Gasteiger partial charge in [-0.3, -0.25) is 73.5 Å². The summed E-state index contributed by atoms with van der Waals surface area (Å²) in [5.41, 5.74) is 14.9. The number of aromatic hydroxyl groups is 1. The Kier molecular flexibility index (Phi) is 61.2. The molecule has 0 spiro atoms. The molecule has 4 N–H and O–H groups in total. The molecule has 0 bridgehead atoms. The highest BCUT2D eigenvalue weighted by Gasteiger charge is 2.30. The number of ether oxygens (including phenoxy) is 2. The van der Waals surface area contributed by atoms with Gasteiger partial charge in [0.2, 0.25) is 0 Å². The third-order valence-electron chi connectivity index (χ3n) is 13.8. The van der Waals surface area contributed by atoms with Gasteiger partial charge in [-0.25, -0.2) is 0 Å². The van der Waals surface area contributed by atoms with Crippen LogP contribution >= 0.6 is 0 Å². The first-order chi connectivity index (χ1) is 50.0. The van der Waals surface area contributed by atoms with Crippen molar-refractivity contribution in [3.05, 3.63) is 85.1 Å². The van der Waals surface area contributed by atoms with E-state index in [-0.39, 0.29) is 52.8 Å². The second-order valence-corrected chi connectivity index (χ2v) is 37.5. The quantitative estimate of drug-likeness (QED) is 0.0125. The summed E-state index contributed by atoms with van der Waals surface area (Å²) in [6.45, 7) is 50.9. The lowest BCUT2D eigenvalue weighted by atomic mass is 10.2. The molecule has 596 valence electrons. The molecule has 4 aromatic rings. The topological polar surface area (TPSA) is 346 Å². The van der Waals surface area contributed by atoms with Gasteiger partial charge in [0.15, 0.2) is 0 Å². The molecule has 0 fully saturated rings. The van der Waals surface area contributed by atoms with Crippen LogP contribution in [0.25, 0.3) is 10.9 Å². The molecule has 0 saturated carbocycles. The number of hydrogen-bond donors (Lipinski definition) is 3. The fraction of sp³-hybridized carbons (Fsp3) is 0.543. The summed E-state index contributed by atoms with van der Waals surface area (Å²) in [7, 11) is -0.0760. The number of methoxy groups -OCH3 is 1. The number of ketones is 7. The van der Waals surface area contributed by atoms with Crippen LogP contribution < -0.4 is 5.73 Å². The molecule has 107 heavy (non-hydrogen) atoms. The minimum atomic E-state index is -1.68. The standard InChI is InChI=1S/C15H34N2OSi2.C14H14N2O.C11H14N2O.C11H13NO2.C9H17NO2.C8H15NO2.C7H13NO2.C6H11NO2/c1-9-17(10-2)12-11-16-14(19(3,4)5)13-15(18)20(6,7)8;1-10(9-11(2)17)16-13-7-3-5-12-6-4-8-15-14(12)13;1-8(7-9(2)14)13-11-6-4-3-5-10(11)12;1-8(7-9(2)13)12-10-5-3-4-6-11(10)14;1-4-12-6-5-10-8(2)7-9(3)11;1-7(6-8(2)10)9-4-5-11-3;1-6(5-7(2)10)8-3-4-9;1-5(7-9-3)4-6(2)8/h9-13H2,1-8H3;3-8H,9H2,1-2H3;3-6H,7,12H2,1-2H3;3-6,14H,7H2,1-2H3;4-7H2,1-3H3;4-6H2,1-3H3;9H,3-5H2,1-2H3;4H2,1-3H3/b;;;;;;;7-5+. The molecule has 0 unspecified atom stereocenters. The number of likely N-dealkylation sites (N-methyl/N-ethyl adjacent to an activating group) is 1. The van der Waals surface area contributed by atoms with Gasteiger partial charge in [0.1, 0.15) is 72.5 Å². The zero-order chi connectivity index (χ0) is 82.7. The molecule has 4 rings (SSSR count). The Balaban J connectivity index is -0.000000574. The number of aliphatic hydroxyl groups is 1. The number of carbonyl (C=O) groups is 8. The van der Waals surface area contributed by atoms with Crippen LogP contribution in [0.2, 0.25) is 39.3 Å². The summed E-state index contributed by atoms with van der Waals surface area (Å²) in [5, 5.41) is 24.0. The third-order valence-corrected chi connectivity index (χ3v) is 17.7. The van der Waals surface area contributed by atoms with Gasteiger partial charge >= 0.3 is 0 Å². The minimum absolute atomic E-state index is 0.0508. The van der Waals surface area contributed by atoms with Gasteiger partial charge in [0, 0.05) is 123 Å². The summed E-state index contributed by atoms with van der Waals surface area (Å²) < 4.78 is 9.90. The number of hydrogen-bond acceptors (Lipinski definition) is 24. The van der Waals surface area contributed by atoms with Gasteiger partial charge in [0.05, 0.1) is 82.4 Å². The number of Topliss-reactive ketones (excluding diaryl/α,β-unsaturated/α-hetero) is 7. The number of phenolic OH excluding ortho intramolecular Hbond substituents is 1. The van der Waals surface area contributed by atoms with Gasteiger partial charge in [-0.2, -0.15) is 0 Å². The molecule has 26 heteroatoms. The number of aliphatic hydroxyl groups excluding tert-OH is 1. The van der Waals surface area contributed by atoms with Crippen LogP contribution in [0.15, 0.2) is 125 Å². The predicted octanol–water partition coefficient (Wildman–Crippen LogP) is 15.5. The smallest absolute Gasteiger partial charge is 0.141 e. The maximum Gasteiger partial charge on any atom is 0.141 e. The molecule has 0 atom stereocenters. The van der Waals surface area contributed by atoms with Gasteiger partial charge in [-0.05, 0) is 153 Å². The Morgan fingerprint density at radius 1 is 0.458 bits per heavy atom. The van der Waals surface area contributed by atoms with Crippen molar-refractivity contribution in [1.82, 2.24) is 9.88 Å². The van der Waals surface area contributed by atoms with Gasteiger partial charge < -0.3 is 40.0 Å². The van der Waals surface area contributed by atoms with Gasteiger partial charge in [-0.1, -0.05) is 101 Å². The molecule has 1 heterocycles. The number of nitrogen functional groups attached to an aromatic ring is 1. The zero-order valence-corrected chi connectivity index (χ0v) is 71.5. The van der Waals surface area contributed by atoms with E-state index in [1.54, 1.807) is 92.1 Å². The molecular weight excluding hydrogens is 1390 g/mol. The molecule has 0 aliphatic heterocycles. The minimum Gasteiger partial charge on any atom is -0.506 e. The van der Waals surface area contributed by atoms with Crippen LogP contribution in [-0.4, -0.2) is 214 Å². The molecule has 0 radical (unpaired) electrons. The lowest BCUT2D eigenvalue weighted by Crippen LogP contribution is -2.42. The van der Waals surface area contributed by atoms with Crippen molar-refractivity contribution in [3.8, 4) is 5.75 Å². The molecule has 3 aromatic carbocycles. The number of anilines is 1. The van der Waals surface area contributed by atoms with Crippen LogP contribution in [0.3, 0.4) is 0 Å². The monoisotopic (exact) mass is 1520 g/mol. The van der Waals surface area contributed by atoms with Crippen LogP contribution in [-0.2, 0) is 52.7 Å². The first kappa shape index (κ1) is 105. The SMILES string of the molecule is CC(=O)CC(C)=NCCO.CC(=O)CC(C)=Nc1cccc2cccnc12.CC(=O)CC(C)=Nc1ccccc1N.CC(=O)CC(C)=Nc1ccccc1O.CCN(CC)CCN=C(CC(=O)[Si](C)(C)C)[Si](C)(C)C.CCOCCN=C(C)CC(C)=O.CO/N=C(\C)CC(C)=O.COCCN=C(C)CC(C)=O. The number of aromatic nitrogens is 1. The fourth-order valence-electron chi connectivity index (χ4n) is 8.80. The van der Waals surface area contributed by atoms with E-state index in [0.29, 0.717) is 112 Å². The molecule has 0 aliphatic carbocycles. The maximum absolute atomic E-state index is 12.3. The summed E-state index contributed by atoms with van der Waals surface area (Å²) in [6.07, 6.45) is 5.17. The number of aliphatic imine (C=N–C) groups is 7. The summed E-state index contributed by atoms with van der Waals surface area (Å²) in [6, 6.07) is 23.9. The Morgan fingerprint density at radius 2 is 0.860 bits per heavy atom. The number of carbonyl (C=O) groups excluding carboxylic acids is 8. The van der Waals surface area contributed by atoms with E-state index in [1.165, 1.54) is 33.2 Å². The largest absolute Gasteiger partial charge is 0.506 e. The number of nitrogens with zero attached hydrogens (tertiary/aromatic N) is 10. The fourth-order valence-corrected chi connectivity index (χ4v) is 10.9. The van der Waals surface area contributed by atoms with Crippen molar-refractivity contribution in [1.29, 1.82) is 0 Å². The van der Waals surface area contributed by atoms with Crippen molar-refractivity contribution in [2.24, 2.45) is 40.1 Å². The van der Waals surface area contributed by atoms with Crippen LogP contribution in [0.5, 0.6) is 5.75 Å². The summed E-state index contributed by atoms with van der Waals surface area (Å²) >= 11 is 0. The first-order valence-electron chi connectivity index (χ1n) is 36.1. The van der Waals surface area contributed by atoms with E-state index >= 15 is 0 Å². The summed E-state index contributed by atoms with van der Waals surface area (Å²) in [5.74, 6) is 0.973. The van der Waals surface area contributed by atoms with Crippen molar-refractivity contribution in [2.45, 2.75) is 208 Å². The normalized spacial score (nSPS) is 12.0. The van der Waals surface area contributed by atoms with E-state index < -0.39 is 16.1 Å². The number of oxime groups is 1. The number of pyridine rings is 1. The second kappa shape index (κ2) is 62.5. The highest BCUT2D eigenvalue weighted by molar-refractivity contribution is 7.09. The van der Waals surface area contributed by atoms with Crippen LogP contribution in [0.4, 0.5) is 22.7 Å². The van der Waals surface area contributed by atoms with Crippen molar-refractivity contribution in [3.63, 3.8) is 0 Å². The molecular formula is C81H131N11O13Si2. The number of phenols is 1. The number of fused-ring (bicyclic) bond motifs is 1. The average Bonchev–Trinajstić information content (AvgIpc) is 0.837. The Hall–Kier alpha value is -8.54. The molecule has 0 saturated heterocycles. The Labute approximate surface area is 642 Å². The lowest BCUT2D eigenvalue weighted by Gasteiger charge is -2.23. The average molecular weight is 1520 g/mol. The lowest BCUT2D eigenvalue weighted by molar-refractivity contribution is -0.116. The Morgan fingerprint density at radius 3 is 1.27 bits per heavy atom. The third kappa shape index (κ3) is 63.3. The van der Waals surface area contributed by atoms with E-state index in [2.05, 4.69) is 103 Å². The van der Waals surface area contributed by atoms with Crippen LogP contribution in [0.1, 0.15) is 169 Å². The Bertz CT molecular complexity index is 3500.